The summed E-state index contributed by atoms with van der Waals surface area (Å²) in [7, 11) is 2.06. The Kier molecular flexibility index (Phi) is 4.90. The predicted octanol–water partition coefficient (Wildman–Crippen LogP) is 1.52. The number of benzene rings is 1. The fourth-order valence-corrected chi connectivity index (χ4v) is 7.22. The Morgan fingerprint density at radius 2 is 2.09 bits per heavy atom. The quantitative estimate of drug-likeness (QED) is 0.451. The molecule has 0 spiro atoms. The summed E-state index contributed by atoms with van der Waals surface area (Å²) in [6.45, 7) is 3.13. The van der Waals surface area contributed by atoms with Gasteiger partial charge in [0.05, 0.1) is 0 Å². The van der Waals surface area contributed by atoms with E-state index in [2.05, 4.69) is 19.2 Å². The molecule has 0 radical (unpaired) electrons. The topological polar surface area (TPSA) is 43.4 Å². The van der Waals surface area contributed by atoms with Gasteiger partial charge in [-0.25, -0.2) is 0 Å². The first-order valence-corrected chi connectivity index (χ1v) is 10.2. The van der Waals surface area contributed by atoms with Crippen LogP contribution in [0.25, 0.3) is 0 Å². The van der Waals surface area contributed by atoms with Gasteiger partial charge in [-0.1, -0.05) is 0 Å². The summed E-state index contributed by atoms with van der Waals surface area (Å²) in [5, 5.41) is 0. The summed E-state index contributed by atoms with van der Waals surface area (Å²) in [6, 6.07) is 10.7. The van der Waals surface area contributed by atoms with Crippen LogP contribution in [-0.4, -0.2) is 57.6 Å². The number of hydrogen-bond acceptors (Lipinski definition) is 3. The number of carbonyl (C=O) groups is 2. The minimum absolute atomic E-state index is 0.175. The predicted molar refractivity (Wildman–Crippen MR) is 89.4 cm³/mol. The number of fused-ring (bicyclic) bond motifs is 1. The second-order valence-corrected chi connectivity index (χ2v) is 9.18. The number of ether oxygens (including phenoxy) is 1. The van der Waals surface area contributed by atoms with Crippen LogP contribution >= 0.6 is 0 Å². The van der Waals surface area contributed by atoms with Crippen molar-refractivity contribution < 1.29 is 18.8 Å². The van der Waals surface area contributed by atoms with Gasteiger partial charge in [0.1, 0.15) is 0 Å². The van der Waals surface area contributed by atoms with Crippen molar-refractivity contribution in [2.75, 3.05) is 20.2 Å². The van der Waals surface area contributed by atoms with Crippen LogP contribution in [0, 0.1) is 5.92 Å². The van der Waals surface area contributed by atoms with E-state index in [9.17, 15) is 9.59 Å². The van der Waals surface area contributed by atoms with Crippen LogP contribution in [-0.2, 0) is 14.3 Å². The summed E-state index contributed by atoms with van der Waals surface area (Å²) in [5.74, 6) is -0.232. The first-order valence-electron chi connectivity index (χ1n) is 8.33. The molecule has 2 fully saturated rings. The molecule has 0 saturated carbocycles. The van der Waals surface area contributed by atoms with E-state index in [1.165, 1.54) is 4.46 Å². The Morgan fingerprint density at radius 1 is 1.35 bits per heavy atom. The standard InChI is InChI=1S/C18H24NO3Se/c1-3-22-18(21)14-12-16(20)19(2)11-7-10-15(19)17(14)23-13-8-5-4-6-9-13/h4-6,8-9,14-15,17H,3,7,10-12H2,1-2H3/q+1/t14-,15-,17+,19?/m0/s1. The molecule has 2 aliphatic rings. The van der Waals surface area contributed by atoms with E-state index in [1.54, 1.807) is 0 Å². The molecule has 23 heavy (non-hydrogen) atoms. The first-order chi connectivity index (χ1) is 11.1. The van der Waals surface area contributed by atoms with E-state index in [-0.39, 0.29) is 43.6 Å². The molecule has 1 aromatic carbocycles. The van der Waals surface area contributed by atoms with Crippen molar-refractivity contribution in [2.24, 2.45) is 5.92 Å². The van der Waals surface area contributed by atoms with E-state index in [0.717, 1.165) is 19.4 Å². The maximum atomic E-state index is 12.7. The zero-order valence-corrected chi connectivity index (χ0v) is 15.4. The molecule has 1 amide bonds. The van der Waals surface area contributed by atoms with Crippen molar-refractivity contribution in [1.82, 2.24) is 0 Å². The van der Waals surface area contributed by atoms with Crippen LogP contribution in [0.2, 0.25) is 4.82 Å². The van der Waals surface area contributed by atoms with Crippen LogP contribution < -0.4 is 4.46 Å². The zero-order chi connectivity index (χ0) is 16.4. The number of carbonyl (C=O) groups excluding carboxylic acids is 2. The van der Waals surface area contributed by atoms with E-state index in [1.807, 2.05) is 25.1 Å². The Labute approximate surface area is 143 Å². The van der Waals surface area contributed by atoms with Crippen LogP contribution in [0.15, 0.2) is 30.3 Å². The third kappa shape index (κ3) is 3.10. The van der Waals surface area contributed by atoms with E-state index < -0.39 is 0 Å². The monoisotopic (exact) mass is 382 g/mol. The zero-order valence-electron chi connectivity index (χ0n) is 13.7. The molecule has 4 nitrogen and oxygen atoms in total. The average Bonchev–Trinajstić information content (AvgIpc) is 2.95. The molecular weight excluding hydrogens is 357 g/mol. The van der Waals surface area contributed by atoms with E-state index >= 15 is 0 Å². The molecule has 2 aliphatic heterocycles. The van der Waals surface area contributed by atoms with Gasteiger partial charge in [0, 0.05) is 0 Å². The van der Waals surface area contributed by atoms with Crippen molar-refractivity contribution >= 4 is 31.3 Å². The van der Waals surface area contributed by atoms with Gasteiger partial charge in [0.25, 0.3) is 0 Å². The first kappa shape index (κ1) is 16.7. The van der Waals surface area contributed by atoms with Crippen molar-refractivity contribution in [3.8, 4) is 0 Å². The molecule has 124 valence electrons. The maximum absolute atomic E-state index is 12.7. The van der Waals surface area contributed by atoms with E-state index in [0.29, 0.717) is 17.5 Å². The van der Waals surface area contributed by atoms with Crippen molar-refractivity contribution in [3.63, 3.8) is 0 Å². The van der Waals surface area contributed by atoms with Crippen LogP contribution in [0.3, 0.4) is 0 Å². The number of hydrogen-bond donors (Lipinski definition) is 0. The molecule has 3 rings (SSSR count). The molecule has 0 aromatic heterocycles. The van der Waals surface area contributed by atoms with Gasteiger partial charge in [-0.15, -0.1) is 0 Å². The second-order valence-electron chi connectivity index (χ2n) is 6.55. The van der Waals surface area contributed by atoms with Crippen LogP contribution in [0.5, 0.6) is 0 Å². The molecule has 4 atom stereocenters. The number of rotatable bonds is 4. The number of esters is 1. The summed E-state index contributed by atoms with van der Waals surface area (Å²) < 4.78 is 7.11. The van der Waals surface area contributed by atoms with Gasteiger partial charge in [0.15, 0.2) is 0 Å². The Balaban J connectivity index is 1.91. The number of amides is 1. The summed E-state index contributed by atoms with van der Waals surface area (Å²) in [6.07, 6.45) is 2.45. The third-order valence-electron chi connectivity index (χ3n) is 5.20. The molecule has 5 heteroatoms. The van der Waals surface area contributed by atoms with Gasteiger partial charge in [-0.2, -0.15) is 0 Å². The minimum atomic E-state index is -0.267. The Morgan fingerprint density at radius 3 is 2.78 bits per heavy atom. The Bertz CT molecular complexity index is 591. The SMILES string of the molecule is CCOC(=O)[C@H]1CC(=O)[N+]2(C)CCC[C@H]2[C@@H]1[Se]c1ccccc1. The fraction of sp³-hybridized carbons (Fsp3) is 0.556. The summed E-state index contributed by atoms with van der Waals surface area (Å²) in [4.78, 5) is 25.4. The number of nitrogens with zero attached hydrogens (tertiary/aromatic N) is 1. The molecule has 2 saturated heterocycles. The molecular formula is C18H24NO3Se+. The van der Waals surface area contributed by atoms with Gasteiger partial charge in [-0.3, -0.25) is 0 Å². The van der Waals surface area contributed by atoms with E-state index in [4.69, 9.17) is 4.74 Å². The third-order valence-corrected chi connectivity index (χ3v) is 8.26. The summed E-state index contributed by atoms with van der Waals surface area (Å²) in [5.41, 5.74) is 0. The van der Waals surface area contributed by atoms with Crippen LogP contribution in [0.1, 0.15) is 26.2 Å². The van der Waals surface area contributed by atoms with Gasteiger partial charge < -0.3 is 0 Å². The number of piperidine rings is 1. The second kappa shape index (κ2) is 6.76. The normalized spacial score (nSPS) is 33.3. The van der Waals surface area contributed by atoms with Crippen LogP contribution in [0.4, 0.5) is 0 Å². The average molecular weight is 381 g/mol. The van der Waals surface area contributed by atoms with Gasteiger partial charge in [-0.05, 0) is 0 Å². The van der Waals surface area contributed by atoms with Gasteiger partial charge >= 0.3 is 144 Å². The van der Waals surface area contributed by atoms with Gasteiger partial charge in [0.2, 0.25) is 0 Å². The Hall–Kier alpha value is -1.16. The van der Waals surface area contributed by atoms with Crippen molar-refractivity contribution in [3.05, 3.63) is 30.3 Å². The molecule has 0 N–H and O–H groups in total. The van der Waals surface area contributed by atoms with Crippen molar-refractivity contribution in [1.29, 1.82) is 0 Å². The molecule has 1 aromatic rings. The molecule has 0 aliphatic carbocycles. The van der Waals surface area contributed by atoms with Crippen molar-refractivity contribution in [2.45, 2.75) is 37.0 Å². The number of quaternary nitrogens is 1. The molecule has 2 heterocycles. The summed E-state index contributed by atoms with van der Waals surface area (Å²) >= 11 is 0.175. The molecule has 1 unspecified atom stereocenters. The fourth-order valence-electron chi connectivity index (χ4n) is 3.94. The molecule has 0 bridgehead atoms.